The van der Waals surface area contributed by atoms with Crippen molar-refractivity contribution in [1.29, 1.82) is 0 Å². The van der Waals surface area contributed by atoms with E-state index in [1.807, 2.05) is 66.7 Å². The fourth-order valence-corrected chi connectivity index (χ4v) is 7.92. The number of benzene rings is 3. The van der Waals surface area contributed by atoms with Crippen molar-refractivity contribution in [1.82, 2.24) is 14.9 Å². The number of anilines is 2. The molecule has 0 aliphatic carbocycles. The minimum absolute atomic E-state index is 0.0868. The van der Waals surface area contributed by atoms with E-state index < -0.39 is 6.16 Å². The summed E-state index contributed by atoms with van der Waals surface area (Å²) in [7, 11) is 0. The van der Waals surface area contributed by atoms with Gasteiger partial charge in [-0.25, -0.2) is 9.78 Å². The van der Waals surface area contributed by atoms with Crippen LogP contribution in [0.5, 0.6) is 17.4 Å². The Morgan fingerprint density at radius 3 is 2.46 bits per heavy atom. The summed E-state index contributed by atoms with van der Waals surface area (Å²) >= 11 is 2.84. The molecule has 14 heteroatoms. The molecule has 0 saturated carbocycles. The van der Waals surface area contributed by atoms with Gasteiger partial charge in [-0.1, -0.05) is 46.9 Å². The van der Waals surface area contributed by atoms with Crippen molar-refractivity contribution in [3.63, 3.8) is 0 Å². The van der Waals surface area contributed by atoms with Gasteiger partial charge in [0, 0.05) is 38.3 Å². The van der Waals surface area contributed by atoms with Crippen molar-refractivity contribution in [2.24, 2.45) is 0 Å². The zero-order chi connectivity index (χ0) is 34.3. The SMILES string of the molecule is O=C(O)Oc1nc(N2CCc3cccc(C(=O)Nc4nc5ccccc5s4)c3C2)sc1CCCOc1ccc(OCCN2CCOCC2)cc1. The topological polar surface area (TPSA) is 136 Å². The van der Waals surface area contributed by atoms with E-state index in [1.165, 1.54) is 22.7 Å². The van der Waals surface area contributed by atoms with Gasteiger partial charge in [0.2, 0.25) is 5.88 Å². The molecule has 2 aliphatic rings. The Kier molecular flexibility index (Phi) is 10.7. The number of aryl methyl sites for hydroxylation is 1. The van der Waals surface area contributed by atoms with Gasteiger partial charge in [0.05, 0.1) is 34.9 Å². The van der Waals surface area contributed by atoms with Gasteiger partial charge in [0.25, 0.3) is 5.91 Å². The first kappa shape index (κ1) is 33.7. The van der Waals surface area contributed by atoms with Crippen LogP contribution >= 0.6 is 22.7 Å². The molecule has 1 fully saturated rings. The first-order valence-electron chi connectivity index (χ1n) is 16.6. The van der Waals surface area contributed by atoms with Crippen LogP contribution in [0.15, 0.2) is 66.7 Å². The van der Waals surface area contributed by atoms with Gasteiger partial charge >= 0.3 is 6.16 Å². The van der Waals surface area contributed by atoms with Crippen molar-refractivity contribution in [3.8, 4) is 17.4 Å². The highest BCUT2D eigenvalue weighted by atomic mass is 32.1. The summed E-state index contributed by atoms with van der Waals surface area (Å²) < 4.78 is 23.3. The maximum absolute atomic E-state index is 13.5. The van der Waals surface area contributed by atoms with Crippen LogP contribution in [0.4, 0.5) is 15.1 Å². The highest BCUT2D eigenvalue weighted by Crippen LogP contribution is 2.36. The lowest BCUT2D eigenvalue weighted by Crippen LogP contribution is -2.38. The van der Waals surface area contributed by atoms with Crippen LogP contribution < -0.4 is 24.4 Å². The van der Waals surface area contributed by atoms with Gasteiger partial charge in [-0.2, -0.15) is 4.98 Å². The molecule has 50 heavy (non-hydrogen) atoms. The van der Waals surface area contributed by atoms with Gasteiger partial charge in [-0.3, -0.25) is 15.0 Å². The summed E-state index contributed by atoms with van der Waals surface area (Å²) in [5, 5.41) is 13.6. The summed E-state index contributed by atoms with van der Waals surface area (Å²) in [5.74, 6) is 1.39. The second-order valence-corrected chi connectivity index (χ2v) is 14.0. The Morgan fingerprint density at radius 1 is 0.900 bits per heavy atom. The molecule has 2 aliphatic heterocycles. The number of rotatable bonds is 13. The number of para-hydroxylation sites is 1. The number of carbonyl (C=O) groups excluding carboxylic acids is 1. The molecule has 3 aromatic carbocycles. The number of carbonyl (C=O) groups is 2. The van der Waals surface area contributed by atoms with Crippen LogP contribution in [0, 0.1) is 0 Å². The number of amides is 1. The molecule has 5 aromatic rings. The predicted octanol–water partition coefficient (Wildman–Crippen LogP) is 6.35. The number of ether oxygens (including phenoxy) is 4. The van der Waals surface area contributed by atoms with Crippen LogP contribution in [-0.4, -0.2) is 84.6 Å². The average molecular weight is 716 g/mol. The van der Waals surface area contributed by atoms with Gasteiger partial charge in [0.1, 0.15) is 18.1 Å². The zero-order valence-electron chi connectivity index (χ0n) is 27.3. The van der Waals surface area contributed by atoms with Crippen molar-refractivity contribution in [2.45, 2.75) is 25.8 Å². The molecule has 12 nitrogen and oxygen atoms in total. The van der Waals surface area contributed by atoms with Crippen LogP contribution in [0.1, 0.15) is 32.8 Å². The lowest BCUT2D eigenvalue weighted by atomic mass is 9.94. The molecule has 0 spiro atoms. The van der Waals surface area contributed by atoms with Crippen molar-refractivity contribution >= 4 is 55.2 Å². The molecular weight excluding hydrogens is 679 g/mol. The molecule has 0 bridgehead atoms. The smallest absolute Gasteiger partial charge is 0.494 e. The fraction of sp³-hybridized carbons (Fsp3) is 0.333. The number of nitrogens with one attached hydrogen (secondary N) is 1. The normalized spacial score (nSPS) is 14.7. The number of hydrogen-bond acceptors (Lipinski definition) is 12. The molecule has 4 heterocycles. The van der Waals surface area contributed by atoms with E-state index in [9.17, 15) is 14.7 Å². The standard InChI is InChI=1S/C36H37N5O7S2/c42-32(38-34-37-29-7-1-2-8-30(29)49-34)27-6-3-5-24-14-15-41(23-28(24)27)35-39-33(48-36(43)44)31(50-35)9-4-19-46-25-10-12-26(13-11-25)47-22-18-40-16-20-45-21-17-40/h1-3,5-8,10-13H,4,9,14-23H2,(H,43,44)(H,37,38,42). The number of fused-ring (bicyclic) bond motifs is 2. The summed E-state index contributed by atoms with van der Waals surface area (Å²) in [5.41, 5.74) is 3.43. The minimum atomic E-state index is -1.41. The minimum Gasteiger partial charge on any atom is -0.494 e. The summed E-state index contributed by atoms with van der Waals surface area (Å²) in [6.45, 7) is 6.45. The van der Waals surface area contributed by atoms with Crippen molar-refractivity contribution in [2.75, 3.05) is 62.8 Å². The second kappa shape index (κ2) is 15.9. The van der Waals surface area contributed by atoms with E-state index in [0.717, 1.165) is 70.6 Å². The van der Waals surface area contributed by atoms with Gasteiger partial charge in [-0.15, -0.1) is 0 Å². The Morgan fingerprint density at radius 2 is 1.68 bits per heavy atom. The van der Waals surface area contributed by atoms with Crippen LogP contribution in [-0.2, 0) is 24.1 Å². The third-order valence-corrected chi connectivity index (χ3v) is 10.7. The average Bonchev–Trinajstić information content (AvgIpc) is 3.73. The number of morpholine rings is 1. The number of thiazole rings is 2. The number of nitrogens with zero attached hydrogens (tertiary/aromatic N) is 4. The quantitative estimate of drug-likeness (QED) is 0.104. The van der Waals surface area contributed by atoms with Crippen LogP contribution in [0.3, 0.4) is 0 Å². The van der Waals surface area contributed by atoms with E-state index in [1.54, 1.807) is 0 Å². The summed E-state index contributed by atoms with van der Waals surface area (Å²) in [6, 6.07) is 21.1. The first-order valence-corrected chi connectivity index (χ1v) is 18.2. The molecule has 7 rings (SSSR count). The Balaban J connectivity index is 0.950. The Bertz CT molecular complexity index is 1910. The summed E-state index contributed by atoms with van der Waals surface area (Å²) in [4.78, 5) is 39.2. The molecule has 0 radical (unpaired) electrons. The molecular formula is C36H37N5O7S2. The van der Waals surface area contributed by atoms with Crippen LogP contribution in [0.2, 0.25) is 0 Å². The molecule has 1 saturated heterocycles. The molecule has 2 aromatic heterocycles. The lowest BCUT2D eigenvalue weighted by Gasteiger charge is -2.29. The molecule has 260 valence electrons. The highest BCUT2D eigenvalue weighted by molar-refractivity contribution is 7.22. The fourth-order valence-electron chi connectivity index (χ4n) is 6.00. The summed E-state index contributed by atoms with van der Waals surface area (Å²) in [6.07, 6.45) is 0.467. The maximum atomic E-state index is 13.5. The van der Waals surface area contributed by atoms with Crippen LogP contribution in [0.25, 0.3) is 10.2 Å². The highest BCUT2D eigenvalue weighted by Gasteiger charge is 2.26. The monoisotopic (exact) mass is 715 g/mol. The van der Waals surface area contributed by atoms with E-state index >= 15 is 0 Å². The van der Waals surface area contributed by atoms with E-state index in [2.05, 4.69) is 25.1 Å². The van der Waals surface area contributed by atoms with E-state index in [-0.39, 0.29) is 11.8 Å². The largest absolute Gasteiger partial charge is 0.512 e. The van der Waals surface area contributed by atoms with Crippen molar-refractivity contribution < 1.29 is 33.6 Å². The Hall–Kier alpha value is -4.76. The molecule has 0 unspecified atom stereocenters. The van der Waals surface area contributed by atoms with Gasteiger partial charge in [-0.05, 0) is 72.9 Å². The third-order valence-electron chi connectivity index (χ3n) is 8.56. The zero-order valence-corrected chi connectivity index (χ0v) is 29.0. The molecule has 1 amide bonds. The third kappa shape index (κ3) is 8.33. The molecule has 0 atom stereocenters. The van der Waals surface area contributed by atoms with E-state index in [0.29, 0.717) is 61.4 Å². The number of hydrogen-bond donors (Lipinski definition) is 2. The first-order chi connectivity index (χ1) is 24.5. The second-order valence-electron chi connectivity index (χ2n) is 11.9. The van der Waals surface area contributed by atoms with Crippen molar-refractivity contribution in [3.05, 3.63) is 88.3 Å². The Labute approximate surface area is 297 Å². The van der Waals surface area contributed by atoms with Gasteiger partial charge in [0.15, 0.2) is 10.3 Å². The number of carboxylic acid groups (broad SMARTS) is 1. The maximum Gasteiger partial charge on any atom is 0.512 e. The van der Waals surface area contributed by atoms with E-state index in [4.69, 9.17) is 18.9 Å². The van der Waals surface area contributed by atoms with Gasteiger partial charge < -0.3 is 29.0 Å². The lowest BCUT2D eigenvalue weighted by molar-refractivity contribution is 0.0322. The number of aromatic nitrogens is 2. The predicted molar refractivity (Wildman–Crippen MR) is 193 cm³/mol. The molecule has 2 N–H and O–H groups in total.